The van der Waals surface area contributed by atoms with Crippen LogP contribution in [0.3, 0.4) is 0 Å². The molecular formula is C6H20N2O3Si. The molecule has 6 heteroatoms. The van der Waals surface area contributed by atoms with Gasteiger partial charge in [0.1, 0.15) is 0 Å². The van der Waals surface area contributed by atoms with Crippen molar-refractivity contribution < 1.29 is 13.3 Å². The highest BCUT2D eigenvalue weighted by Gasteiger charge is 2.40. The lowest BCUT2D eigenvalue weighted by atomic mass is 10.4. The van der Waals surface area contributed by atoms with Crippen molar-refractivity contribution in [3.63, 3.8) is 0 Å². The fraction of sp³-hybridized carbons (Fsp3) is 1.00. The summed E-state index contributed by atoms with van der Waals surface area (Å²) in [5, 5.41) is 0. The van der Waals surface area contributed by atoms with Crippen molar-refractivity contribution >= 4 is 8.80 Å². The van der Waals surface area contributed by atoms with E-state index in [4.69, 9.17) is 13.3 Å². The van der Waals surface area contributed by atoms with Gasteiger partial charge in [-0.1, -0.05) is 0 Å². The van der Waals surface area contributed by atoms with E-state index in [1.165, 1.54) is 6.42 Å². The quantitative estimate of drug-likeness (QED) is 0.650. The van der Waals surface area contributed by atoms with Crippen molar-refractivity contribution in [1.82, 2.24) is 12.3 Å². The zero-order chi connectivity index (χ0) is 7.45. The van der Waals surface area contributed by atoms with Crippen LogP contribution in [0.1, 0.15) is 12.8 Å². The zero-order valence-electron chi connectivity index (χ0n) is 7.97. The minimum atomic E-state index is -2.13. The molecule has 0 radical (unpaired) electrons. The predicted octanol–water partition coefficient (Wildman–Crippen LogP) is 1.35. The van der Waals surface area contributed by atoms with Gasteiger partial charge in [0.05, 0.1) is 0 Å². The Morgan fingerprint density at radius 1 is 1.08 bits per heavy atom. The molecule has 0 atom stereocenters. The third-order valence-electron chi connectivity index (χ3n) is 1.82. The minimum Gasteiger partial charge on any atom is -0.377 e. The molecule has 0 aromatic heterocycles. The van der Waals surface area contributed by atoms with Gasteiger partial charge in [-0.15, -0.1) is 0 Å². The number of rotatable bonds is 2. The number of hydrogen-bond donors (Lipinski definition) is 2. The first-order chi connectivity index (χ1) is 4.83. The van der Waals surface area contributed by atoms with Crippen LogP contribution in [0.25, 0.3) is 0 Å². The van der Waals surface area contributed by atoms with Gasteiger partial charge in [-0.25, -0.2) is 0 Å². The number of hydrogen-bond acceptors (Lipinski definition) is 5. The maximum atomic E-state index is 5.46. The summed E-state index contributed by atoms with van der Waals surface area (Å²) in [7, 11) is 1.20. The topological polar surface area (TPSA) is 97.7 Å². The van der Waals surface area contributed by atoms with Gasteiger partial charge >= 0.3 is 8.80 Å². The van der Waals surface area contributed by atoms with Gasteiger partial charge in [-0.05, 0) is 12.8 Å². The molecular weight excluding hydrogens is 176 g/mol. The first-order valence-electron chi connectivity index (χ1n) is 3.57. The van der Waals surface area contributed by atoms with Crippen LogP contribution in [0, 0.1) is 0 Å². The highest BCUT2D eigenvalue weighted by atomic mass is 28.4. The van der Waals surface area contributed by atoms with Crippen LogP contribution in [-0.2, 0) is 13.3 Å². The lowest BCUT2D eigenvalue weighted by Crippen LogP contribution is -2.46. The Morgan fingerprint density at radius 2 is 1.67 bits per heavy atom. The Morgan fingerprint density at radius 3 is 1.92 bits per heavy atom. The van der Waals surface area contributed by atoms with E-state index in [0.29, 0.717) is 0 Å². The third kappa shape index (κ3) is 3.17. The second-order valence-electron chi connectivity index (χ2n) is 2.40. The fourth-order valence-electron chi connectivity index (χ4n) is 1.15. The second kappa shape index (κ2) is 6.52. The predicted molar refractivity (Wildman–Crippen MR) is 49.8 cm³/mol. The zero-order valence-corrected chi connectivity index (χ0v) is 8.97. The van der Waals surface area contributed by atoms with Crippen LogP contribution < -0.4 is 12.3 Å². The molecule has 0 aliphatic carbocycles. The Labute approximate surface area is 74.9 Å². The van der Waals surface area contributed by atoms with E-state index in [-0.39, 0.29) is 12.3 Å². The van der Waals surface area contributed by atoms with Crippen LogP contribution in [0.2, 0.25) is 6.04 Å². The minimum absolute atomic E-state index is 0. The van der Waals surface area contributed by atoms with Gasteiger partial charge in [0.2, 0.25) is 0 Å². The van der Waals surface area contributed by atoms with Gasteiger partial charge in [-0.3, -0.25) is 0 Å². The van der Waals surface area contributed by atoms with E-state index in [1.807, 2.05) is 0 Å². The first-order valence-corrected chi connectivity index (χ1v) is 5.50. The molecule has 0 saturated carbocycles. The normalized spacial score (nSPS) is 20.5. The Bertz CT molecular complexity index is 103. The fourth-order valence-corrected chi connectivity index (χ4v) is 3.24. The molecule has 0 spiro atoms. The van der Waals surface area contributed by atoms with Crippen LogP contribution in [-0.4, -0.2) is 29.6 Å². The molecule has 1 aliphatic heterocycles. The van der Waals surface area contributed by atoms with Gasteiger partial charge in [0.25, 0.3) is 0 Å². The molecule has 5 nitrogen and oxygen atoms in total. The Hall–Kier alpha value is 0.0169. The van der Waals surface area contributed by atoms with Crippen molar-refractivity contribution in [2.45, 2.75) is 18.9 Å². The molecule has 0 aromatic rings. The van der Waals surface area contributed by atoms with Gasteiger partial charge in [0.15, 0.2) is 0 Å². The highest BCUT2D eigenvalue weighted by Crippen LogP contribution is 2.22. The average Bonchev–Trinajstić information content (AvgIpc) is 2.06. The molecule has 1 aliphatic rings. The van der Waals surface area contributed by atoms with Gasteiger partial charge in [-0.2, -0.15) is 0 Å². The second-order valence-corrected chi connectivity index (χ2v) is 5.37. The smallest absolute Gasteiger partial charge is 0.377 e. The van der Waals surface area contributed by atoms with E-state index in [2.05, 4.69) is 0 Å². The molecule has 0 aromatic carbocycles. The SMILES string of the molecule is CO[Si]1(OC)CCCCO1.N.N. The van der Waals surface area contributed by atoms with Crippen molar-refractivity contribution in [3.8, 4) is 0 Å². The average molecular weight is 196 g/mol. The van der Waals surface area contributed by atoms with Gasteiger partial charge < -0.3 is 25.6 Å². The van der Waals surface area contributed by atoms with E-state index in [1.54, 1.807) is 14.2 Å². The summed E-state index contributed by atoms with van der Waals surface area (Å²) >= 11 is 0. The molecule has 6 N–H and O–H groups in total. The molecule has 0 unspecified atom stereocenters. The van der Waals surface area contributed by atoms with E-state index in [9.17, 15) is 0 Å². The Balaban J connectivity index is 0. The standard InChI is InChI=1S/C6H14O3Si.2H3N/c1-7-10(8-2)6-4-3-5-9-10;;/h3-6H2,1-2H3;2*1H3. The first kappa shape index (κ1) is 14.5. The van der Waals surface area contributed by atoms with Crippen molar-refractivity contribution in [1.29, 1.82) is 0 Å². The maximum Gasteiger partial charge on any atom is 0.500 e. The summed E-state index contributed by atoms with van der Waals surface area (Å²) in [6.07, 6.45) is 2.31. The summed E-state index contributed by atoms with van der Waals surface area (Å²) in [6, 6.07) is 0.972. The van der Waals surface area contributed by atoms with Crippen LogP contribution in [0.15, 0.2) is 0 Å². The lowest BCUT2D eigenvalue weighted by Gasteiger charge is -2.29. The van der Waals surface area contributed by atoms with Crippen LogP contribution in [0.5, 0.6) is 0 Å². The molecule has 1 heterocycles. The van der Waals surface area contributed by atoms with Crippen molar-refractivity contribution in [2.24, 2.45) is 0 Å². The summed E-state index contributed by atoms with van der Waals surface area (Å²) < 4.78 is 15.9. The van der Waals surface area contributed by atoms with Gasteiger partial charge in [0, 0.05) is 26.9 Å². The van der Waals surface area contributed by atoms with E-state index < -0.39 is 8.80 Å². The molecule has 12 heavy (non-hydrogen) atoms. The van der Waals surface area contributed by atoms with E-state index in [0.717, 1.165) is 19.1 Å². The molecule has 0 bridgehead atoms. The lowest BCUT2D eigenvalue weighted by molar-refractivity contribution is 0.0820. The third-order valence-corrected chi connectivity index (χ3v) is 4.68. The van der Waals surface area contributed by atoms with E-state index >= 15 is 0 Å². The van der Waals surface area contributed by atoms with Crippen LogP contribution in [0.4, 0.5) is 0 Å². The molecule has 1 rings (SSSR count). The maximum absolute atomic E-state index is 5.46. The summed E-state index contributed by atoms with van der Waals surface area (Å²) in [5.74, 6) is 0. The van der Waals surface area contributed by atoms with Crippen molar-refractivity contribution in [2.75, 3.05) is 20.8 Å². The van der Waals surface area contributed by atoms with Crippen LogP contribution >= 0.6 is 0 Å². The molecule has 76 valence electrons. The molecule has 0 amide bonds. The molecule has 1 fully saturated rings. The summed E-state index contributed by atoms with van der Waals surface area (Å²) in [4.78, 5) is 0. The monoisotopic (exact) mass is 196 g/mol. The summed E-state index contributed by atoms with van der Waals surface area (Å²) in [5.41, 5.74) is 0. The largest absolute Gasteiger partial charge is 0.500 e. The highest BCUT2D eigenvalue weighted by molar-refractivity contribution is 6.60. The van der Waals surface area contributed by atoms with Crippen molar-refractivity contribution in [3.05, 3.63) is 0 Å². The molecule has 1 saturated heterocycles. The Kier molecular flexibility index (Phi) is 7.90. The summed E-state index contributed by atoms with van der Waals surface area (Å²) in [6.45, 7) is 0.800.